The number of anilines is 1. The molecule has 6 nitrogen and oxygen atoms in total. The van der Waals surface area contributed by atoms with Crippen LogP contribution in [0.3, 0.4) is 0 Å². The lowest BCUT2D eigenvalue weighted by Gasteiger charge is -2.31. The molecule has 0 aliphatic heterocycles. The normalized spacial score (nSPS) is 12.1. The highest BCUT2D eigenvalue weighted by Crippen LogP contribution is 2.16. The van der Waals surface area contributed by atoms with E-state index in [1.807, 2.05) is 37.7 Å². The van der Waals surface area contributed by atoms with E-state index in [1.54, 1.807) is 29.5 Å². The molecular weight excluding hydrogens is 396 g/mol. The largest absolute Gasteiger partial charge is 0.508 e. The lowest BCUT2D eigenvalue weighted by Crippen LogP contribution is -2.43. The number of likely N-dealkylation sites (N-methyl/N-ethyl adjacent to an activating group) is 1. The van der Waals surface area contributed by atoms with Crippen LogP contribution in [0.25, 0.3) is 0 Å². The summed E-state index contributed by atoms with van der Waals surface area (Å²) in [4.78, 5) is 24.2. The smallest absolute Gasteiger partial charge is 0.252 e. The molecule has 2 heterocycles. The summed E-state index contributed by atoms with van der Waals surface area (Å²) >= 11 is 1.64. The van der Waals surface area contributed by atoms with Gasteiger partial charge in [0.25, 0.3) is 5.56 Å². The van der Waals surface area contributed by atoms with Gasteiger partial charge in [0.2, 0.25) is 5.95 Å². The van der Waals surface area contributed by atoms with E-state index in [0.29, 0.717) is 25.5 Å². The minimum Gasteiger partial charge on any atom is -0.508 e. The molecule has 0 saturated heterocycles. The number of nitrogens with zero attached hydrogens (tertiary/aromatic N) is 3. The van der Waals surface area contributed by atoms with E-state index in [-0.39, 0.29) is 17.4 Å². The summed E-state index contributed by atoms with van der Waals surface area (Å²) < 4.78 is 0. The molecule has 1 unspecified atom stereocenters. The molecule has 2 N–H and O–H groups in total. The maximum atomic E-state index is 12.3. The van der Waals surface area contributed by atoms with Crippen LogP contribution in [-0.2, 0) is 12.8 Å². The van der Waals surface area contributed by atoms with Gasteiger partial charge in [-0.15, -0.1) is 6.58 Å². The summed E-state index contributed by atoms with van der Waals surface area (Å²) in [6.45, 7) is 5.12. The maximum Gasteiger partial charge on any atom is 0.252 e. The zero-order valence-electron chi connectivity index (χ0n) is 17.4. The highest BCUT2D eigenvalue weighted by atomic mass is 32.1. The van der Waals surface area contributed by atoms with E-state index in [4.69, 9.17) is 4.98 Å². The fourth-order valence-electron chi connectivity index (χ4n) is 3.31. The van der Waals surface area contributed by atoms with Crippen molar-refractivity contribution in [3.05, 3.63) is 87.0 Å². The second kappa shape index (κ2) is 10.2. The average molecular weight is 425 g/mol. The molecule has 2 aromatic heterocycles. The van der Waals surface area contributed by atoms with Crippen molar-refractivity contribution in [2.75, 3.05) is 32.1 Å². The Kier molecular flexibility index (Phi) is 7.43. The SMILES string of the molecule is C=CCN(CC(Cc1ccc(O)cc1)N(C)C)c1nc(Cc2ccsc2)cc(=O)[nH]1. The quantitative estimate of drug-likeness (QED) is 0.489. The molecule has 3 rings (SSSR count). The molecule has 0 bridgehead atoms. The first kappa shape index (κ1) is 21.8. The van der Waals surface area contributed by atoms with Gasteiger partial charge in [-0.05, 0) is 60.6 Å². The number of phenols is 1. The first-order valence-corrected chi connectivity index (χ1v) is 10.8. The van der Waals surface area contributed by atoms with Gasteiger partial charge in [-0.25, -0.2) is 4.98 Å². The van der Waals surface area contributed by atoms with Gasteiger partial charge in [0.15, 0.2) is 0 Å². The number of nitrogens with one attached hydrogen (secondary N) is 1. The molecule has 30 heavy (non-hydrogen) atoms. The zero-order chi connectivity index (χ0) is 21.5. The Morgan fingerprint density at radius 1 is 1.23 bits per heavy atom. The van der Waals surface area contributed by atoms with E-state index in [9.17, 15) is 9.90 Å². The van der Waals surface area contributed by atoms with Gasteiger partial charge in [0, 0.05) is 31.6 Å². The standard InChI is InChI=1S/C23H28N4O2S/c1-4-10-27(15-20(26(2)3)13-17-5-7-21(28)8-6-17)23-24-19(14-22(29)25-23)12-18-9-11-30-16-18/h4-9,11,14,16,20,28H,1,10,12-13,15H2,2-3H3,(H,24,25,29). The molecule has 3 aromatic rings. The van der Waals surface area contributed by atoms with Crippen LogP contribution in [-0.4, -0.2) is 53.2 Å². The molecule has 0 spiro atoms. The molecule has 0 fully saturated rings. The third-order valence-corrected chi connectivity index (χ3v) is 5.70. The van der Waals surface area contributed by atoms with Crippen molar-refractivity contribution in [2.24, 2.45) is 0 Å². The molecule has 0 aliphatic rings. The van der Waals surface area contributed by atoms with Crippen molar-refractivity contribution in [3.63, 3.8) is 0 Å². The summed E-state index contributed by atoms with van der Waals surface area (Å²) in [5, 5.41) is 13.6. The maximum absolute atomic E-state index is 12.3. The van der Waals surface area contributed by atoms with Crippen molar-refractivity contribution < 1.29 is 5.11 Å². The summed E-state index contributed by atoms with van der Waals surface area (Å²) in [6.07, 6.45) is 3.26. The Morgan fingerprint density at radius 2 is 2.00 bits per heavy atom. The van der Waals surface area contributed by atoms with E-state index in [0.717, 1.165) is 23.2 Å². The van der Waals surface area contributed by atoms with Gasteiger partial charge in [-0.3, -0.25) is 9.78 Å². The number of hydrogen-bond acceptors (Lipinski definition) is 6. The summed E-state index contributed by atoms with van der Waals surface area (Å²) in [7, 11) is 4.08. The summed E-state index contributed by atoms with van der Waals surface area (Å²) in [6, 6.07) is 11.1. The summed E-state index contributed by atoms with van der Waals surface area (Å²) in [5.41, 5.74) is 2.89. The van der Waals surface area contributed by atoms with Crippen LogP contribution in [0.4, 0.5) is 5.95 Å². The van der Waals surface area contributed by atoms with Crippen LogP contribution in [0.15, 0.2) is 64.6 Å². The first-order valence-electron chi connectivity index (χ1n) is 9.86. The Bertz CT molecular complexity index is 997. The van der Waals surface area contributed by atoms with Gasteiger partial charge in [-0.2, -0.15) is 11.3 Å². The molecule has 1 aromatic carbocycles. The van der Waals surface area contributed by atoms with Crippen LogP contribution in [0, 0.1) is 0 Å². The lowest BCUT2D eigenvalue weighted by atomic mass is 10.0. The van der Waals surface area contributed by atoms with Crippen molar-refractivity contribution in [3.8, 4) is 5.75 Å². The van der Waals surface area contributed by atoms with Gasteiger partial charge in [-0.1, -0.05) is 18.2 Å². The third kappa shape index (κ3) is 6.05. The predicted molar refractivity (Wildman–Crippen MR) is 124 cm³/mol. The number of H-pyrrole nitrogens is 1. The van der Waals surface area contributed by atoms with Crippen LogP contribution in [0.5, 0.6) is 5.75 Å². The van der Waals surface area contributed by atoms with Gasteiger partial charge < -0.3 is 14.9 Å². The molecule has 0 radical (unpaired) electrons. The number of phenolic OH excluding ortho intramolecular Hbond substituents is 1. The van der Waals surface area contributed by atoms with Crippen molar-refractivity contribution >= 4 is 17.3 Å². The Morgan fingerprint density at radius 3 is 2.63 bits per heavy atom. The molecule has 7 heteroatoms. The average Bonchev–Trinajstić information content (AvgIpc) is 3.21. The lowest BCUT2D eigenvalue weighted by molar-refractivity contribution is 0.293. The summed E-state index contributed by atoms with van der Waals surface area (Å²) in [5.74, 6) is 0.822. The fourth-order valence-corrected chi connectivity index (χ4v) is 3.98. The zero-order valence-corrected chi connectivity index (χ0v) is 18.2. The van der Waals surface area contributed by atoms with Crippen LogP contribution < -0.4 is 10.5 Å². The minimum atomic E-state index is -0.153. The molecule has 0 saturated carbocycles. The van der Waals surface area contributed by atoms with E-state index in [2.05, 4.69) is 32.8 Å². The molecule has 158 valence electrons. The highest BCUT2D eigenvalue weighted by molar-refractivity contribution is 7.07. The topological polar surface area (TPSA) is 72.5 Å². The first-order chi connectivity index (χ1) is 14.4. The third-order valence-electron chi connectivity index (χ3n) is 4.97. The number of aromatic hydroxyl groups is 1. The van der Waals surface area contributed by atoms with Crippen molar-refractivity contribution in [1.82, 2.24) is 14.9 Å². The second-order valence-electron chi connectivity index (χ2n) is 7.55. The van der Waals surface area contributed by atoms with Crippen LogP contribution in [0.2, 0.25) is 0 Å². The van der Waals surface area contributed by atoms with Gasteiger partial charge >= 0.3 is 0 Å². The Hall–Kier alpha value is -2.90. The molecular formula is C23H28N4O2S. The monoisotopic (exact) mass is 424 g/mol. The number of aromatic nitrogens is 2. The van der Waals surface area contributed by atoms with Crippen molar-refractivity contribution in [2.45, 2.75) is 18.9 Å². The molecule has 1 atom stereocenters. The number of thiophene rings is 1. The fraction of sp³-hybridized carbons (Fsp3) is 0.304. The van der Waals surface area contributed by atoms with Gasteiger partial charge in [0.05, 0.1) is 5.69 Å². The predicted octanol–water partition coefficient (Wildman–Crippen LogP) is 3.29. The molecule has 0 aliphatic carbocycles. The van der Waals surface area contributed by atoms with Crippen molar-refractivity contribution in [1.29, 1.82) is 0 Å². The number of hydrogen-bond donors (Lipinski definition) is 2. The van der Waals surface area contributed by atoms with Crippen LogP contribution >= 0.6 is 11.3 Å². The second-order valence-corrected chi connectivity index (χ2v) is 8.33. The van der Waals surface area contributed by atoms with Crippen LogP contribution in [0.1, 0.15) is 16.8 Å². The highest BCUT2D eigenvalue weighted by Gasteiger charge is 2.19. The van der Waals surface area contributed by atoms with E-state index in [1.165, 1.54) is 0 Å². The van der Waals surface area contributed by atoms with E-state index < -0.39 is 0 Å². The number of aromatic amines is 1. The minimum absolute atomic E-state index is 0.153. The number of rotatable bonds is 10. The molecule has 0 amide bonds. The Balaban J connectivity index is 1.82. The Labute approximate surface area is 181 Å². The number of benzene rings is 1. The van der Waals surface area contributed by atoms with Gasteiger partial charge in [0.1, 0.15) is 5.75 Å². The van der Waals surface area contributed by atoms with E-state index >= 15 is 0 Å².